The van der Waals surface area contributed by atoms with Crippen molar-refractivity contribution in [3.05, 3.63) is 58.1 Å². The van der Waals surface area contributed by atoms with Crippen molar-refractivity contribution in [3.63, 3.8) is 0 Å². The SMILES string of the molecule is CCn1c(-c2ccc(F)cc2)ccc(CNCCOC)c1=O. The summed E-state index contributed by atoms with van der Waals surface area (Å²) in [5, 5.41) is 3.17. The van der Waals surface area contributed by atoms with Gasteiger partial charge < -0.3 is 14.6 Å². The first-order valence-electron chi connectivity index (χ1n) is 7.35. The second-order valence-corrected chi connectivity index (χ2v) is 4.97. The van der Waals surface area contributed by atoms with Crippen LogP contribution in [0.3, 0.4) is 0 Å². The topological polar surface area (TPSA) is 43.3 Å². The second-order valence-electron chi connectivity index (χ2n) is 4.97. The van der Waals surface area contributed by atoms with Crippen molar-refractivity contribution in [1.29, 1.82) is 0 Å². The number of aromatic nitrogens is 1. The van der Waals surface area contributed by atoms with E-state index in [2.05, 4.69) is 5.32 Å². The molecule has 0 aliphatic heterocycles. The standard InChI is InChI=1S/C17H21FN2O2/c1-3-20-16(13-4-7-15(18)8-5-13)9-6-14(17(20)21)12-19-10-11-22-2/h4-9,19H,3,10-12H2,1-2H3. The summed E-state index contributed by atoms with van der Waals surface area (Å²) in [4.78, 5) is 12.5. The molecule has 1 N–H and O–H groups in total. The van der Waals surface area contributed by atoms with E-state index < -0.39 is 0 Å². The predicted octanol–water partition coefficient (Wildman–Crippen LogP) is 2.41. The van der Waals surface area contributed by atoms with Crippen molar-refractivity contribution in [3.8, 4) is 11.3 Å². The lowest BCUT2D eigenvalue weighted by molar-refractivity contribution is 0.199. The van der Waals surface area contributed by atoms with Crippen LogP contribution in [-0.2, 0) is 17.8 Å². The Morgan fingerprint density at radius 2 is 1.91 bits per heavy atom. The molecule has 0 spiro atoms. The number of ether oxygens (including phenoxy) is 1. The third-order valence-corrected chi connectivity index (χ3v) is 3.51. The van der Waals surface area contributed by atoms with Crippen LogP contribution in [0.2, 0.25) is 0 Å². The van der Waals surface area contributed by atoms with Crippen molar-refractivity contribution >= 4 is 0 Å². The number of hydrogen-bond donors (Lipinski definition) is 1. The molecule has 4 nitrogen and oxygen atoms in total. The Morgan fingerprint density at radius 3 is 2.55 bits per heavy atom. The second kappa shape index (κ2) is 7.87. The monoisotopic (exact) mass is 304 g/mol. The maximum Gasteiger partial charge on any atom is 0.255 e. The molecule has 118 valence electrons. The van der Waals surface area contributed by atoms with Gasteiger partial charge in [-0.05, 0) is 42.8 Å². The summed E-state index contributed by atoms with van der Waals surface area (Å²) in [6.07, 6.45) is 0. The first-order chi connectivity index (χ1) is 10.7. The summed E-state index contributed by atoms with van der Waals surface area (Å²) in [6, 6.07) is 9.91. The molecule has 2 rings (SSSR count). The Hall–Kier alpha value is -1.98. The lowest BCUT2D eigenvalue weighted by atomic mass is 10.1. The average Bonchev–Trinajstić information content (AvgIpc) is 2.53. The van der Waals surface area contributed by atoms with Crippen molar-refractivity contribution in [2.24, 2.45) is 0 Å². The normalized spacial score (nSPS) is 10.9. The summed E-state index contributed by atoms with van der Waals surface area (Å²) < 4.78 is 19.7. The van der Waals surface area contributed by atoms with Crippen LogP contribution in [0.15, 0.2) is 41.2 Å². The molecule has 0 fully saturated rings. The number of pyridine rings is 1. The Morgan fingerprint density at radius 1 is 1.18 bits per heavy atom. The van der Waals surface area contributed by atoms with E-state index in [9.17, 15) is 9.18 Å². The molecule has 1 aromatic carbocycles. The van der Waals surface area contributed by atoms with Crippen LogP contribution in [0, 0.1) is 5.82 Å². The van der Waals surface area contributed by atoms with Gasteiger partial charge in [-0.3, -0.25) is 4.79 Å². The van der Waals surface area contributed by atoms with E-state index >= 15 is 0 Å². The maximum absolute atomic E-state index is 13.0. The molecule has 0 saturated carbocycles. The maximum atomic E-state index is 13.0. The fourth-order valence-electron chi connectivity index (χ4n) is 2.34. The lowest BCUT2D eigenvalue weighted by Gasteiger charge is -2.13. The van der Waals surface area contributed by atoms with E-state index in [1.807, 2.05) is 19.1 Å². The Kier molecular flexibility index (Phi) is 5.86. The average molecular weight is 304 g/mol. The van der Waals surface area contributed by atoms with E-state index in [4.69, 9.17) is 4.74 Å². The van der Waals surface area contributed by atoms with Gasteiger partial charge in [-0.1, -0.05) is 6.07 Å². The Bertz CT molecular complexity index is 665. The predicted molar refractivity (Wildman–Crippen MR) is 85.4 cm³/mol. The zero-order valence-electron chi connectivity index (χ0n) is 12.9. The van der Waals surface area contributed by atoms with Gasteiger partial charge in [-0.15, -0.1) is 0 Å². The number of rotatable bonds is 7. The zero-order valence-corrected chi connectivity index (χ0v) is 12.9. The lowest BCUT2D eigenvalue weighted by Crippen LogP contribution is -2.28. The van der Waals surface area contributed by atoms with Gasteiger partial charge >= 0.3 is 0 Å². The molecule has 1 aromatic heterocycles. The quantitative estimate of drug-likeness (QED) is 0.799. The fraction of sp³-hybridized carbons (Fsp3) is 0.353. The van der Waals surface area contributed by atoms with Gasteiger partial charge in [-0.2, -0.15) is 0 Å². The molecule has 2 aromatic rings. The van der Waals surface area contributed by atoms with Gasteiger partial charge in [0.2, 0.25) is 0 Å². The number of methoxy groups -OCH3 is 1. The van der Waals surface area contributed by atoms with Crippen LogP contribution in [0.1, 0.15) is 12.5 Å². The highest BCUT2D eigenvalue weighted by Crippen LogP contribution is 2.18. The van der Waals surface area contributed by atoms with E-state index in [1.165, 1.54) is 12.1 Å². The molecule has 0 aliphatic rings. The number of nitrogens with one attached hydrogen (secondary N) is 1. The highest BCUT2D eigenvalue weighted by atomic mass is 19.1. The van der Waals surface area contributed by atoms with Crippen molar-refractivity contribution < 1.29 is 9.13 Å². The molecule has 0 aliphatic carbocycles. The molecule has 0 saturated heterocycles. The first-order valence-corrected chi connectivity index (χ1v) is 7.35. The first kappa shape index (κ1) is 16.4. The smallest absolute Gasteiger partial charge is 0.255 e. The molecule has 22 heavy (non-hydrogen) atoms. The summed E-state index contributed by atoms with van der Waals surface area (Å²) in [6.45, 7) is 4.30. The van der Waals surface area contributed by atoms with Crippen LogP contribution in [0.5, 0.6) is 0 Å². The number of nitrogens with zero attached hydrogens (tertiary/aromatic N) is 1. The fourth-order valence-corrected chi connectivity index (χ4v) is 2.34. The van der Waals surface area contributed by atoms with Gasteiger partial charge in [-0.25, -0.2) is 4.39 Å². The van der Waals surface area contributed by atoms with Crippen molar-refractivity contribution in [1.82, 2.24) is 9.88 Å². The van der Waals surface area contributed by atoms with E-state index in [-0.39, 0.29) is 11.4 Å². The van der Waals surface area contributed by atoms with Gasteiger partial charge in [0.1, 0.15) is 5.82 Å². The molecule has 0 atom stereocenters. The van der Waals surface area contributed by atoms with Crippen molar-refractivity contribution in [2.45, 2.75) is 20.0 Å². The highest BCUT2D eigenvalue weighted by Gasteiger charge is 2.09. The Labute approximate surface area is 129 Å². The van der Waals surface area contributed by atoms with E-state index in [0.29, 0.717) is 31.8 Å². The minimum Gasteiger partial charge on any atom is -0.383 e. The molecule has 0 bridgehead atoms. The molecule has 0 amide bonds. The Balaban J connectivity index is 2.28. The van der Waals surface area contributed by atoms with Gasteiger partial charge in [0.25, 0.3) is 5.56 Å². The largest absolute Gasteiger partial charge is 0.383 e. The summed E-state index contributed by atoms with van der Waals surface area (Å²) in [7, 11) is 1.64. The third-order valence-electron chi connectivity index (χ3n) is 3.51. The van der Waals surface area contributed by atoms with Crippen LogP contribution in [0.4, 0.5) is 4.39 Å². The molecule has 0 radical (unpaired) electrons. The van der Waals surface area contributed by atoms with Gasteiger partial charge in [0.05, 0.1) is 12.3 Å². The van der Waals surface area contributed by atoms with Crippen LogP contribution >= 0.6 is 0 Å². The third kappa shape index (κ3) is 3.81. The van der Waals surface area contributed by atoms with Gasteiger partial charge in [0, 0.05) is 32.3 Å². The van der Waals surface area contributed by atoms with Gasteiger partial charge in [0.15, 0.2) is 0 Å². The molecule has 5 heteroatoms. The number of halogens is 1. The van der Waals surface area contributed by atoms with Crippen LogP contribution in [-0.4, -0.2) is 24.8 Å². The highest BCUT2D eigenvalue weighted by molar-refractivity contribution is 5.59. The summed E-state index contributed by atoms with van der Waals surface area (Å²) >= 11 is 0. The van der Waals surface area contributed by atoms with Crippen LogP contribution in [0.25, 0.3) is 11.3 Å². The summed E-state index contributed by atoms with van der Waals surface area (Å²) in [5.74, 6) is -0.284. The number of hydrogen-bond acceptors (Lipinski definition) is 3. The van der Waals surface area contributed by atoms with E-state index in [1.54, 1.807) is 23.8 Å². The summed E-state index contributed by atoms with van der Waals surface area (Å²) in [5.41, 5.74) is 2.32. The van der Waals surface area contributed by atoms with E-state index in [0.717, 1.165) is 11.3 Å². The molecular formula is C17H21FN2O2. The van der Waals surface area contributed by atoms with Crippen LogP contribution < -0.4 is 10.9 Å². The molecule has 0 unspecified atom stereocenters. The zero-order chi connectivity index (χ0) is 15.9. The minimum absolute atomic E-state index is 0.0192. The minimum atomic E-state index is -0.284. The van der Waals surface area contributed by atoms with Crippen molar-refractivity contribution in [2.75, 3.05) is 20.3 Å². The number of benzene rings is 1. The molecule has 1 heterocycles. The molecular weight excluding hydrogens is 283 g/mol.